The quantitative estimate of drug-likeness (QED) is 0.847. The van der Waals surface area contributed by atoms with Crippen molar-refractivity contribution in [2.45, 2.75) is 25.9 Å². The first-order chi connectivity index (χ1) is 10.6. The number of hydrogen-bond donors (Lipinski definition) is 2. The van der Waals surface area contributed by atoms with E-state index in [4.69, 9.17) is 11.6 Å². The number of rotatable bonds is 6. The third kappa shape index (κ3) is 4.33. The number of hydrogen-bond acceptors (Lipinski definition) is 2. The van der Waals surface area contributed by atoms with Crippen LogP contribution in [0.5, 0.6) is 0 Å². The Morgan fingerprint density at radius 1 is 1.18 bits per heavy atom. The van der Waals surface area contributed by atoms with Crippen molar-refractivity contribution in [3.05, 3.63) is 70.2 Å². The van der Waals surface area contributed by atoms with E-state index in [0.29, 0.717) is 5.56 Å². The summed E-state index contributed by atoms with van der Waals surface area (Å²) in [6.07, 6.45) is 0.983. The molecule has 3 nitrogen and oxygen atoms in total. The maximum atomic E-state index is 11.5. The average Bonchev–Trinajstić information content (AvgIpc) is 2.55. The van der Waals surface area contributed by atoms with E-state index >= 15 is 0 Å². The van der Waals surface area contributed by atoms with Gasteiger partial charge in [0.1, 0.15) is 0 Å². The zero-order valence-corrected chi connectivity index (χ0v) is 13.7. The maximum absolute atomic E-state index is 11.5. The molecule has 1 atom stereocenters. The van der Waals surface area contributed by atoms with Gasteiger partial charge in [0.2, 0.25) is 0 Å². The molecule has 0 fully saturated rings. The molecule has 0 heterocycles. The summed E-state index contributed by atoms with van der Waals surface area (Å²) in [5, 5.41) is 6.91. The highest BCUT2D eigenvalue weighted by atomic mass is 35.5. The van der Waals surface area contributed by atoms with Crippen molar-refractivity contribution < 1.29 is 4.79 Å². The van der Waals surface area contributed by atoms with Crippen LogP contribution in [0.1, 0.15) is 40.9 Å². The van der Waals surface area contributed by atoms with E-state index in [-0.39, 0.29) is 11.9 Å². The van der Waals surface area contributed by atoms with Gasteiger partial charge in [-0.15, -0.1) is 0 Å². The third-order valence-electron chi connectivity index (χ3n) is 3.66. The van der Waals surface area contributed by atoms with Gasteiger partial charge < -0.3 is 10.6 Å². The lowest BCUT2D eigenvalue weighted by atomic mass is 10.0. The molecule has 0 saturated carbocycles. The first-order valence-electron chi connectivity index (χ1n) is 7.44. The lowest BCUT2D eigenvalue weighted by molar-refractivity contribution is 0.0963. The van der Waals surface area contributed by atoms with Crippen molar-refractivity contribution in [1.29, 1.82) is 0 Å². The highest BCUT2D eigenvalue weighted by Crippen LogP contribution is 2.20. The van der Waals surface area contributed by atoms with Gasteiger partial charge >= 0.3 is 0 Å². The molecule has 116 valence electrons. The molecule has 2 N–H and O–H groups in total. The molecule has 0 aliphatic heterocycles. The smallest absolute Gasteiger partial charge is 0.251 e. The summed E-state index contributed by atoms with van der Waals surface area (Å²) < 4.78 is 0. The highest BCUT2D eigenvalue weighted by molar-refractivity contribution is 6.30. The zero-order valence-electron chi connectivity index (χ0n) is 12.9. The fourth-order valence-electron chi connectivity index (χ4n) is 2.38. The Morgan fingerprint density at radius 3 is 2.50 bits per heavy atom. The fourth-order valence-corrected chi connectivity index (χ4v) is 2.58. The molecule has 0 aromatic heterocycles. The molecule has 22 heavy (non-hydrogen) atoms. The highest BCUT2D eigenvalue weighted by Gasteiger charge is 2.09. The van der Waals surface area contributed by atoms with E-state index < -0.39 is 0 Å². The summed E-state index contributed by atoms with van der Waals surface area (Å²) in [6, 6.07) is 15.8. The minimum atomic E-state index is -0.0649. The standard InChI is InChI=1S/C18H21ClN2O/c1-3-17(15-5-4-6-16(19)11-15)21-12-13-7-9-14(10-8-13)18(22)20-2/h4-11,17,21H,3,12H2,1-2H3,(H,20,22). The Bertz CT molecular complexity index is 625. The molecular weight excluding hydrogens is 296 g/mol. The van der Waals surface area contributed by atoms with Gasteiger partial charge in [-0.2, -0.15) is 0 Å². The molecule has 0 saturated heterocycles. The summed E-state index contributed by atoms with van der Waals surface area (Å²) in [7, 11) is 1.63. The van der Waals surface area contributed by atoms with Gasteiger partial charge in [-0.25, -0.2) is 0 Å². The summed E-state index contributed by atoms with van der Waals surface area (Å²) in [5.41, 5.74) is 3.01. The number of benzene rings is 2. The fraction of sp³-hybridized carbons (Fsp3) is 0.278. The number of carbonyl (C=O) groups is 1. The topological polar surface area (TPSA) is 41.1 Å². The van der Waals surface area contributed by atoms with Crippen LogP contribution in [-0.2, 0) is 6.54 Å². The van der Waals surface area contributed by atoms with E-state index in [9.17, 15) is 4.79 Å². The number of amides is 1. The van der Waals surface area contributed by atoms with Crippen molar-refractivity contribution >= 4 is 17.5 Å². The van der Waals surface area contributed by atoms with Crippen LogP contribution >= 0.6 is 11.6 Å². The molecule has 2 aromatic rings. The van der Waals surface area contributed by atoms with Crippen molar-refractivity contribution in [3.63, 3.8) is 0 Å². The molecule has 0 aliphatic carbocycles. The number of halogens is 1. The van der Waals surface area contributed by atoms with Crippen LogP contribution < -0.4 is 10.6 Å². The molecule has 0 aliphatic rings. The Hall–Kier alpha value is -1.84. The van der Waals surface area contributed by atoms with E-state index in [2.05, 4.69) is 23.6 Å². The number of carbonyl (C=O) groups excluding carboxylic acids is 1. The Morgan fingerprint density at radius 2 is 1.91 bits per heavy atom. The first-order valence-corrected chi connectivity index (χ1v) is 7.81. The van der Waals surface area contributed by atoms with Crippen LogP contribution in [0.3, 0.4) is 0 Å². The van der Waals surface area contributed by atoms with Gasteiger partial charge in [-0.05, 0) is 41.8 Å². The second-order valence-electron chi connectivity index (χ2n) is 5.17. The van der Waals surface area contributed by atoms with Crippen LogP contribution in [0.25, 0.3) is 0 Å². The van der Waals surface area contributed by atoms with Crippen LogP contribution in [0.2, 0.25) is 5.02 Å². The maximum Gasteiger partial charge on any atom is 0.251 e. The monoisotopic (exact) mass is 316 g/mol. The van der Waals surface area contributed by atoms with Crippen molar-refractivity contribution in [2.75, 3.05) is 7.05 Å². The molecule has 0 bridgehead atoms. The molecule has 1 unspecified atom stereocenters. The summed E-state index contributed by atoms with van der Waals surface area (Å²) in [5.74, 6) is -0.0649. The second kappa shape index (κ2) is 7.97. The lowest BCUT2D eigenvalue weighted by Crippen LogP contribution is -2.20. The van der Waals surface area contributed by atoms with Crippen LogP contribution in [-0.4, -0.2) is 13.0 Å². The first kappa shape index (κ1) is 16.5. The largest absolute Gasteiger partial charge is 0.355 e. The average molecular weight is 317 g/mol. The third-order valence-corrected chi connectivity index (χ3v) is 3.89. The molecule has 2 aromatic carbocycles. The second-order valence-corrected chi connectivity index (χ2v) is 5.61. The van der Waals surface area contributed by atoms with Gasteiger partial charge in [0.15, 0.2) is 0 Å². The Kier molecular flexibility index (Phi) is 5.99. The molecular formula is C18H21ClN2O. The molecule has 4 heteroatoms. The van der Waals surface area contributed by atoms with Crippen LogP contribution in [0.4, 0.5) is 0 Å². The molecule has 0 spiro atoms. The van der Waals surface area contributed by atoms with Gasteiger partial charge in [0.05, 0.1) is 0 Å². The van der Waals surface area contributed by atoms with Crippen molar-refractivity contribution in [3.8, 4) is 0 Å². The van der Waals surface area contributed by atoms with Gasteiger partial charge in [0, 0.05) is 30.2 Å². The van der Waals surface area contributed by atoms with Crippen molar-refractivity contribution in [2.24, 2.45) is 0 Å². The summed E-state index contributed by atoms with van der Waals surface area (Å²) in [4.78, 5) is 11.5. The van der Waals surface area contributed by atoms with Gasteiger partial charge in [-0.3, -0.25) is 4.79 Å². The predicted molar refractivity (Wildman–Crippen MR) is 91.2 cm³/mol. The van der Waals surface area contributed by atoms with Gasteiger partial charge in [0.25, 0.3) is 5.91 Å². The van der Waals surface area contributed by atoms with Gasteiger partial charge in [-0.1, -0.05) is 42.8 Å². The van der Waals surface area contributed by atoms with Crippen LogP contribution in [0.15, 0.2) is 48.5 Å². The zero-order chi connectivity index (χ0) is 15.9. The number of nitrogens with one attached hydrogen (secondary N) is 2. The Balaban J connectivity index is 2.00. The summed E-state index contributed by atoms with van der Waals surface area (Å²) >= 11 is 6.06. The Labute approximate surface area is 136 Å². The lowest BCUT2D eigenvalue weighted by Gasteiger charge is -2.18. The van der Waals surface area contributed by atoms with Crippen molar-refractivity contribution in [1.82, 2.24) is 10.6 Å². The van der Waals surface area contributed by atoms with E-state index in [1.807, 2.05) is 42.5 Å². The minimum Gasteiger partial charge on any atom is -0.355 e. The van der Waals surface area contributed by atoms with E-state index in [1.54, 1.807) is 7.05 Å². The predicted octanol–water partition coefficient (Wildman–Crippen LogP) is 3.94. The summed E-state index contributed by atoms with van der Waals surface area (Å²) in [6.45, 7) is 2.90. The normalized spacial score (nSPS) is 12.0. The van der Waals surface area contributed by atoms with Crippen LogP contribution in [0, 0.1) is 0 Å². The molecule has 0 radical (unpaired) electrons. The van der Waals surface area contributed by atoms with E-state index in [1.165, 1.54) is 5.56 Å². The minimum absolute atomic E-state index is 0.0649. The SMILES string of the molecule is CCC(NCc1ccc(C(=O)NC)cc1)c1cccc(Cl)c1. The molecule has 1 amide bonds. The van der Waals surface area contributed by atoms with E-state index in [0.717, 1.165) is 23.6 Å². The molecule has 2 rings (SSSR count).